The molecule has 1 N–H and O–H groups in total. The molecule has 0 spiro atoms. The SMILES string of the molecule is CNSc1ccc(CC2CCC2)cc1. The Morgan fingerprint density at radius 3 is 2.50 bits per heavy atom. The maximum atomic E-state index is 3.08. The molecule has 1 aliphatic rings. The van der Waals surface area contributed by atoms with E-state index in [0.717, 1.165) is 5.92 Å². The van der Waals surface area contributed by atoms with Gasteiger partial charge in [0.1, 0.15) is 0 Å². The second-order valence-electron chi connectivity index (χ2n) is 3.95. The number of rotatable bonds is 4. The predicted molar refractivity (Wildman–Crippen MR) is 62.4 cm³/mol. The molecule has 0 aromatic heterocycles. The van der Waals surface area contributed by atoms with E-state index in [1.165, 1.54) is 36.1 Å². The molecule has 2 rings (SSSR count). The van der Waals surface area contributed by atoms with Crippen LogP contribution in [0.4, 0.5) is 0 Å². The maximum Gasteiger partial charge on any atom is 0.0228 e. The topological polar surface area (TPSA) is 12.0 Å². The van der Waals surface area contributed by atoms with E-state index in [1.54, 1.807) is 11.9 Å². The molecule has 1 fully saturated rings. The molecule has 1 aliphatic carbocycles. The third-order valence-corrected chi connectivity index (χ3v) is 3.60. The number of hydrogen-bond acceptors (Lipinski definition) is 2. The van der Waals surface area contributed by atoms with Crippen LogP contribution in [0.2, 0.25) is 0 Å². The average molecular weight is 207 g/mol. The molecule has 0 amide bonds. The standard InChI is InChI=1S/C12H17NS/c1-13-14-12-7-5-11(6-8-12)9-10-3-2-4-10/h5-8,10,13H,2-4,9H2,1H3. The van der Waals surface area contributed by atoms with Crippen molar-refractivity contribution in [1.82, 2.24) is 4.72 Å². The van der Waals surface area contributed by atoms with E-state index in [9.17, 15) is 0 Å². The molecule has 0 unspecified atom stereocenters. The summed E-state index contributed by atoms with van der Waals surface area (Å²) in [6.07, 6.45) is 5.60. The smallest absolute Gasteiger partial charge is 0.0228 e. The molecule has 0 radical (unpaired) electrons. The van der Waals surface area contributed by atoms with Gasteiger partial charge < -0.3 is 0 Å². The Morgan fingerprint density at radius 1 is 1.29 bits per heavy atom. The summed E-state index contributed by atoms with van der Waals surface area (Å²) in [5.41, 5.74) is 1.50. The van der Waals surface area contributed by atoms with Crippen LogP contribution in [0.25, 0.3) is 0 Å². The minimum atomic E-state index is 0.970. The predicted octanol–water partition coefficient (Wildman–Crippen LogP) is 3.26. The Kier molecular flexibility index (Phi) is 3.49. The Balaban J connectivity index is 1.91. The molecule has 1 nitrogen and oxygen atoms in total. The average Bonchev–Trinajstić information content (AvgIpc) is 2.14. The normalized spacial score (nSPS) is 16.6. The van der Waals surface area contributed by atoms with E-state index in [1.807, 2.05) is 7.05 Å². The van der Waals surface area contributed by atoms with Crippen molar-refractivity contribution in [2.45, 2.75) is 30.6 Å². The van der Waals surface area contributed by atoms with E-state index in [4.69, 9.17) is 0 Å². The van der Waals surface area contributed by atoms with Gasteiger partial charge >= 0.3 is 0 Å². The zero-order chi connectivity index (χ0) is 9.80. The molecule has 1 aromatic carbocycles. The van der Waals surface area contributed by atoms with Crippen LogP contribution >= 0.6 is 11.9 Å². The molecule has 76 valence electrons. The minimum Gasteiger partial charge on any atom is -0.263 e. The van der Waals surface area contributed by atoms with Gasteiger partial charge in [-0.1, -0.05) is 31.4 Å². The van der Waals surface area contributed by atoms with Crippen LogP contribution in [0.1, 0.15) is 24.8 Å². The first-order valence-electron chi connectivity index (χ1n) is 5.31. The van der Waals surface area contributed by atoms with E-state index < -0.39 is 0 Å². The molecule has 0 heterocycles. The molecular weight excluding hydrogens is 190 g/mol. The lowest BCUT2D eigenvalue weighted by molar-refractivity contribution is 0.314. The Labute approximate surface area is 90.4 Å². The van der Waals surface area contributed by atoms with Crippen LogP contribution in [-0.4, -0.2) is 7.05 Å². The summed E-state index contributed by atoms with van der Waals surface area (Å²) < 4.78 is 3.08. The van der Waals surface area contributed by atoms with Gasteiger partial charge in [0.2, 0.25) is 0 Å². The van der Waals surface area contributed by atoms with Crippen molar-refractivity contribution >= 4 is 11.9 Å². The van der Waals surface area contributed by atoms with E-state index >= 15 is 0 Å². The van der Waals surface area contributed by atoms with Gasteiger partial charge in [-0.2, -0.15) is 0 Å². The summed E-state index contributed by atoms with van der Waals surface area (Å²) >= 11 is 1.67. The van der Waals surface area contributed by atoms with Crippen LogP contribution < -0.4 is 4.72 Å². The van der Waals surface area contributed by atoms with Crippen LogP contribution in [0, 0.1) is 5.92 Å². The van der Waals surface area contributed by atoms with E-state index in [2.05, 4.69) is 29.0 Å². The minimum absolute atomic E-state index is 0.970. The molecule has 14 heavy (non-hydrogen) atoms. The zero-order valence-corrected chi connectivity index (χ0v) is 9.44. The summed E-state index contributed by atoms with van der Waals surface area (Å²) in [6, 6.07) is 8.93. The van der Waals surface area contributed by atoms with Crippen LogP contribution in [0.15, 0.2) is 29.2 Å². The highest BCUT2D eigenvalue weighted by Crippen LogP contribution is 2.30. The van der Waals surface area contributed by atoms with Crippen LogP contribution in [0.3, 0.4) is 0 Å². The van der Waals surface area contributed by atoms with Gasteiger partial charge in [0.25, 0.3) is 0 Å². The lowest BCUT2D eigenvalue weighted by Gasteiger charge is -2.25. The van der Waals surface area contributed by atoms with Crippen LogP contribution in [-0.2, 0) is 6.42 Å². The van der Waals surface area contributed by atoms with Gasteiger partial charge in [-0.3, -0.25) is 4.72 Å². The summed E-state index contributed by atoms with van der Waals surface area (Å²) in [7, 11) is 1.95. The fourth-order valence-electron chi connectivity index (χ4n) is 1.84. The van der Waals surface area contributed by atoms with Gasteiger partial charge in [0.15, 0.2) is 0 Å². The van der Waals surface area contributed by atoms with Crippen LogP contribution in [0.5, 0.6) is 0 Å². The first kappa shape index (κ1) is 10.1. The van der Waals surface area contributed by atoms with Crippen molar-refractivity contribution in [2.24, 2.45) is 5.92 Å². The number of hydrogen-bond donors (Lipinski definition) is 1. The third kappa shape index (κ3) is 2.52. The zero-order valence-electron chi connectivity index (χ0n) is 8.62. The highest BCUT2D eigenvalue weighted by atomic mass is 32.2. The summed E-state index contributed by atoms with van der Waals surface area (Å²) in [5.74, 6) is 0.970. The number of nitrogens with one attached hydrogen (secondary N) is 1. The van der Waals surface area contributed by atoms with Crippen molar-refractivity contribution in [3.05, 3.63) is 29.8 Å². The lowest BCUT2D eigenvalue weighted by atomic mass is 9.81. The molecule has 1 saturated carbocycles. The molecule has 2 heteroatoms. The molecule has 0 bridgehead atoms. The highest BCUT2D eigenvalue weighted by Gasteiger charge is 2.17. The summed E-state index contributed by atoms with van der Waals surface area (Å²) in [6.45, 7) is 0. The monoisotopic (exact) mass is 207 g/mol. The van der Waals surface area contributed by atoms with E-state index in [-0.39, 0.29) is 0 Å². The second kappa shape index (κ2) is 4.85. The fourth-order valence-corrected chi connectivity index (χ4v) is 2.35. The largest absolute Gasteiger partial charge is 0.263 e. The summed E-state index contributed by atoms with van der Waals surface area (Å²) in [5, 5.41) is 0. The second-order valence-corrected chi connectivity index (χ2v) is 5.03. The molecular formula is C12H17NS. The Bertz CT molecular complexity index is 277. The van der Waals surface area contributed by atoms with Crippen molar-refractivity contribution in [1.29, 1.82) is 0 Å². The van der Waals surface area contributed by atoms with Gasteiger partial charge in [-0.25, -0.2) is 0 Å². The number of benzene rings is 1. The Hall–Kier alpha value is -0.470. The molecule has 0 saturated heterocycles. The van der Waals surface area contributed by atoms with Crippen molar-refractivity contribution in [3.63, 3.8) is 0 Å². The molecule has 1 aromatic rings. The Morgan fingerprint density at radius 2 is 2.00 bits per heavy atom. The third-order valence-electron chi connectivity index (χ3n) is 2.89. The first-order chi connectivity index (χ1) is 6.88. The molecule has 0 aliphatic heterocycles. The van der Waals surface area contributed by atoms with E-state index in [0.29, 0.717) is 0 Å². The van der Waals surface area contributed by atoms with Gasteiger partial charge in [0.05, 0.1) is 0 Å². The first-order valence-corrected chi connectivity index (χ1v) is 6.12. The van der Waals surface area contributed by atoms with Crippen molar-refractivity contribution in [3.8, 4) is 0 Å². The van der Waals surface area contributed by atoms with Crippen molar-refractivity contribution < 1.29 is 0 Å². The highest BCUT2D eigenvalue weighted by molar-refractivity contribution is 7.97. The van der Waals surface area contributed by atoms with Crippen molar-refractivity contribution in [2.75, 3.05) is 7.05 Å². The fraction of sp³-hybridized carbons (Fsp3) is 0.500. The van der Waals surface area contributed by atoms with Gasteiger partial charge in [0, 0.05) is 4.90 Å². The maximum absolute atomic E-state index is 3.08. The quantitative estimate of drug-likeness (QED) is 0.761. The summed E-state index contributed by atoms with van der Waals surface area (Å²) in [4.78, 5) is 1.30. The van der Waals surface area contributed by atoms with Gasteiger partial charge in [-0.05, 0) is 49.0 Å². The lowest BCUT2D eigenvalue weighted by Crippen LogP contribution is -2.13. The van der Waals surface area contributed by atoms with Gasteiger partial charge in [-0.15, -0.1) is 0 Å². The molecule has 0 atom stereocenters.